The number of carbonyl (C=O) groups excluding carboxylic acids is 1. The standard InChI is InChI=1S/C14H16Br2N2O3/c15-9-3-4-10(16)11(7-9)17-13(21)18-14(8-12(19)20)5-1-2-6-14/h3-4,7H,1-2,5-6,8H2,(H,19,20)(H2,17,18,21). The van der Waals surface area contributed by atoms with Crippen molar-refractivity contribution in [2.75, 3.05) is 5.32 Å². The van der Waals surface area contributed by atoms with Crippen molar-refractivity contribution in [1.82, 2.24) is 5.32 Å². The topological polar surface area (TPSA) is 78.4 Å². The number of urea groups is 1. The largest absolute Gasteiger partial charge is 0.481 e. The van der Waals surface area contributed by atoms with E-state index in [1.165, 1.54) is 0 Å². The Hall–Kier alpha value is -1.08. The monoisotopic (exact) mass is 418 g/mol. The highest BCUT2D eigenvalue weighted by atomic mass is 79.9. The Kier molecular flexibility index (Phi) is 5.27. The highest BCUT2D eigenvalue weighted by molar-refractivity contribution is 9.11. The van der Waals surface area contributed by atoms with Crippen LogP contribution in [0.3, 0.4) is 0 Å². The van der Waals surface area contributed by atoms with Crippen molar-refractivity contribution < 1.29 is 14.7 Å². The van der Waals surface area contributed by atoms with Gasteiger partial charge in [-0.1, -0.05) is 28.8 Å². The Balaban J connectivity index is 2.06. The van der Waals surface area contributed by atoms with Crippen LogP contribution in [-0.2, 0) is 4.79 Å². The molecule has 1 aromatic rings. The maximum atomic E-state index is 12.2. The van der Waals surface area contributed by atoms with E-state index in [1.54, 1.807) is 6.07 Å². The molecule has 0 unspecified atom stereocenters. The lowest BCUT2D eigenvalue weighted by Gasteiger charge is -2.28. The van der Waals surface area contributed by atoms with Gasteiger partial charge in [0.1, 0.15) is 0 Å². The van der Waals surface area contributed by atoms with Gasteiger partial charge in [-0.2, -0.15) is 0 Å². The molecule has 2 rings (SSSR count). The first kappa shape index (κ1) is 16.3. The van der Waals surface area contributed by atoms with Crippen LogP contribution < -0.4 is 10.6 Å². The molecule has 114 valence electrons. The van der Waals surface area contributed by atoms with Gasteiger partial charge in [-0.3, -0.25) is 4.79 Å². The van der Waals surface area contributed by atoms with Gasteiger partial charge in [0.25, 0.3) is 0 Å². The zero-order valence-corrected chi connectivity index (χ0v) is 14.5. The van der Waals surface area contributed by atoms with Gasteiger partial charge in [0.2, 0.25) is 0 Å². The molecule has 0 radical (unpaired) electrons. The number of anilines is 1. The summed E-state index contributed by atoms with van der Waals surface area (Å²) < 4.78 is 1.61. The molecule has 1 aromatic carbocycles. The predicted molar refractivity (Wildman–Crippen MR) is 87.4 cm³/mol. The van der Waals surface area contributed by atoms with Crippen LogP contribution in [0.25, 0.3) is 0 Å². The van der Waals surface area contributed by atoms with E-state index in [9.17, 15) is 9.59 Å². The van der Waals surface area contributed by atoms with E-state index in [1.807, 2.05) is 12.1 Å². The van der Waals surface area contributed by atoms with Crippen LogP contribution in [-0.4, -0.2) is 22.6 Å². The second kappa shape index (κ2) is 6.79. The maximum absolute atomic E-state index is 12.2. The summed E-state index contributed by atoms with van der Waals surface area (Å²) in [5, 5.41) is 14.6. The molecule has 2 amide bonds. The molecule has 1 aliphatic rings. The summed E-state index contributed by atoms with van der Waals surface area (Å²) in [6.07, 6.45) is 3.24. The third-order valence-electron chi connectivity index (χ3n) is 3.61. The number of carbonyl (C=O) groups is 2. The molecule has 0 saturated heterocycles. The van der Waals surface area contributed by atoms with Gasteiger partial charge >= 0.3 is 12.0 Å². The van der Waals surface area contributed by atoms with E-state index in [0.717, 1.165) is 21.8 Å². The van der Waals surface area contributed by atoms with Crippen LogP contribution in [0.4, 0.5) is 10.5 Å². The number of carboxylic acids is 1. The fraction of sp³-hybridized carbons (Fsp3) is 0.429. The maximum Gasteiger partial charge on any atom is 0.319 e. The number of hydrogen-bond acceptors (Lipinski definition) is 2. The zero-order valence-electron chi connectivity index (χ0n) is 11.3. The Morgan fingerprint density at radius 1 is 1.24 bits per heavy atom. The number of hydrogen-bond donors (Lipinski definition) is 3. The first-order valence-electron chi connectivity index (χ1n) is 6.66. The fourth-order valence-corrected chi connectivity index (χ4v) is 3.38. The van der Waals surface area contributed by atoms with Crippen molar-refractivity contribution >= 4 is 49.5 Å². The van der Waals surface area contributed by atoms with Crippen LogP contribution in [0.5, 0.6) is 0 Å². The second-order valence-corrected chi connectivity index (χ2v) is 7.03. The van der Waals surface area contributed by atoms with E-state index in [-0.39, 0.29) is 12.5 Å². The first-order chi connectivity index (χ1) is 9.90. The molecule has 0 bridgehead atoms. The molecule has 7 heteroatoms. The first-order valence-corrected chi connectivity index (χ1v) is 8.25. The van der Waals surface area contributed by atoms with Crippen molar-refractivity contribution in [3.63, 3.8) is 0 Å². The van der Waals surface area contributed by atoms with E-state index in [2.05, 4.69) is 42.5 Å². The molecule has 21 heavy (non-hydrogen) atoms. The van der Waals surface area contributed by atoms with Crippen molar-refractivity contribution in [2.24, 2.45) is 0 Å². The average molecular weight is 420 g/mol. The number of benzene rings is 1. The van der Waals surface area contributed by atoms with E-state index in [4.69, 9.17) is 5.11 Å². The van der Waals surface area contributed by atoms with Crippen LogP contribution in [0.15, 0.2) is 27.1 Å². The summed E-state index contributed by atoms with van der Waals surface area (Å²) in [5.74, 6) is -0.888. The van der Waals surface area contributed by atoms with Gasteiger partial charge in [0.05, 0.1) is 17.6 Å². The average Bonchev–Trinajstić information content (AvgIpc) is 2.80. The Bertz CT molecular complexity index is 557. The van der Waals surface area contributed by atoms with E-state index < -0.39 is 11.5 Å². The zero-order chi connectivity index (χ0) is 15.5. The Morgan fingerprint density at radius 3 is 2.52 bits per heavy atom. The minimum Gasteiger partial charge on any atom is -0.481 e. The van der Waals surface area contributed by atoms with Gasteiger partial charge in [0, 0.05) is 8.95 Å². The quantitative estimate of drug-likeness (QED) is 0.686. The minimum absolute atomic E-state index is 0.0416. The molecule has 1 aliphatic carbocycles. The summed E-state index contributed by atoms with van der Waals surface area (Å²) in [7, 11) is 0. The molecule has 5 nitrogen and oxygen atoms in total. The molecule has 1 fully saturated rings. The summed E-state index contributed by atoms with van der Waals surface area (Å²) in [6, 6.07) is 5.08. The fourth-order valence-electron chi connectivity index (χ4n) is 2.67. The SMILES string of the molecule is O=C(O)CC1(NC(=O)Nc2cc(Br)ccc2Br)CCCC1. The number of nitrogens with one attached hydrogen (secondary N) is 2. The summed E-state index contributed by atoms with van der Waals surface area (Å²) in [6.45, 7) is 0. The third-order valence-corrected chi connectivity index (χ3v) is 4.79. The van der Waals surface area contributed by atoms with Crippen molar-refractivity contribution in [3.05, 3.63) is 27.1 Å². The van der Waals surface area contributed by atoms with Gasteiger partial charge in [-0.25, -0.2) is 4.79 Å². The van der Waals surface area contributed by atoms with Crippen LogP contribution in [0, 0.1) is 0 Å². The number of rotatable bonds is 4. The van der Waals surface area contributed by atoms with Crippen molar-refractivity contribution in [3.8, 4) is 0 Å². The van der Waals surface area contributed by atoms with Crippen LogP contribution in [0.1, 0.15) is 32.1 Å². The normalized spacial score (nSPS) is 16.5. The number of aliphatic carboxylic acids is 1. The highest BCUT2D eigenvalue weighted by Gasteiger charge is 2.37. The number of carboxylic acid groups (broad SMARTS) is 1. The van der Waals surface area contributed by atoms with Crippen molar-refractivity contribution in [2.45, 2.75) is 37.6 Å². The van der Waals surface area contributed by atoms with Gasteiger partial charge in [0.15, 0.2) is 0 Å². The lowest BCUT2D eigenvalue weighted by molar-refractivity contribution is -0.138. The molecule has 0 atom stereocenters. The highest BCUT2D eigenvalue weighted by Crippen LogP contribution is 2.33. The molecular weight excluding hydrogens is 404 g/mol. The predicted octanol–water partition coefficient (Wildman–Crippen LogP) is 4.12. The third kappa shape index (κ3) is 4.44. The summed E-state index contributed by atoms with van der Waals surface area (Å²) in [5.41, 5.74) is -0.000599. The summed E-state index contributed by atoms with van der Waals surface area (Å²) in [4.78, 5) is 23.2. The Morgan fingerprint density at radius 2 is 1.90 bits per heavy atom. The van der Waals surface area contributed by atoms with Crippen molar-refractivity contribution in [1.29, 1.82) is 0 Å². The summed E-state index contributed by atoms with van der Waals surface area (Å²) >= 11 is 6.72. The number of amides is 2. The lowest BCUT2D eigenvalue weighted by Crippen LogP contribution is -2.49. The lowest BCUT2D eigenvalue weighted by atomic mass is 9.93. The molecule has 3 N–H and O–H groups in total. The van der Waals surface area contributed by atoms with Crippen LogP contribution >= 0.6 is 31.9 Å². The molecule has 1 saturated carbocycles. The van der Waals surface area contributed by atoms with Crippen LogP contribution in [0.2, 0.25) is 0 Å². The second-order valence-electron chi connectivity index (χ2n) is 5.26. The van der Waals surface area contributed by atoms with Gasteiger partial charge < -0.3 is 15.7 Å². The molecule has 0 aromatic heterocycles. The Labute approximate surface area is 139 Å². The molecular formula is C14H16Br2N2O3. The molecule has 0 spiro atoms. The molecule has 0 aliphatic heterocycles. The number of halogens is 2. The van der Waals surface area contributed by atoms with E-state index >= 15 is 0 Å². The smallest absolute Gasteiger partial charge is 0.319 e. The molecule has 0 heterocycles. The minimum atomic E-state index is -0.888. The van der Waals surface area contributed by atoms with E-state index in [0.29, 0.717) is 18.5 Å². The van der Waals surface area contributed by atoms with Gasteiger partial charge in [-0.15, -0.1) is 0 Å². The van der Waals surface area contributed by atoms with Gasteiger partial charge in [-0.05, 0) is 47.0 Å².